The second-order valence-corrected chi connectivity index (χ2v) is 4.65. The number of allylic oxidation sites excluding steroid dienone is 1. The molecule has 0 saturated heterocycles. The van der Waals surface area contributed by atoms with Crippen molar-refractivity contribution in [3.05, 3.63) is 93.8 Å². The molecule has 0 atom stereocenters. The van der Waals surface area contributed by atoms with Crippen LogP contribution in [0.1, 0.15) is 11.1 Å². The van der Waals surface area contributed by atoms with Gasteiger partial charge in [-0.1, -0.05) is 60.7 Å². The van der Waals surface area contributed by atoms with E-state index in [-0.39, 0.29) is 5.70 Å². The Morgan fingerprint density at radius 3 is 2.23 bits per heavy atom. The van der Waals surface area contributed by atoms with Gasteiger partial charge in [0.15, 0.2) is 0 Å². The van der Waals surface area contributed by atoms with Gasteiger partial charge >= 0.3 is 5.70 Å². The van der Waals surface area contributed by atoms with Crippen LogP contribution in [-0.2, 0) is 13.1 Å². The van der Waals surface area contributed by atoms with Crippen molar-refractivity contribution in [1.29, 1.82) is 0 Å². The number of benzene rings is 2. The van der Waals surface area contributed by atoms with Crippen LogP contribution >= 0.6 is 0 Å². The lowest BCUT2D eigenvalue weighted by molar-refractivity contribution is -0.414. The first-order valence-corrected chi connectivity index (χ1v) is 6.91. The summed E-state index contributed by atoms with van der Waals surface area (Å²) in [6.07, 6.45) is 2.66. The zero-order chi connectivity index (χ0) is 15.6. The summed E-state index contributed by atoms with van der Waals surface area (Å²) in [6, 6.07) is 19.3. The average molecular weight is 295 g/mol. The Labute approximate surface area is 129 Å². The number of nitrogens with one attached hydrogen (secondary N) is 1. The monoisotopic (exact) mass is 295 g/mol. The first-order chi connectivity index (χ1) is 10.8. The lowest BCUT2D eigenvalue weighted by atomic mass is 10.2. The fraction of sp³-hybridized carbons (Fsp3) is 0.118. The molecule has 5 nitrogen and oxygen atoms in total. The van der Waals surface area contributed by atoms with Gasteiger partial charge < -0.3 is 5.32 Å². The average Bonchev–Trinajstić information content (AvgIpc) is 2.55. The summed E-state index contributed by atoms with van der Waals surface area (Å²) >= 11 is 0. The van der Waals surface area contributed by atoms with Gasteiger partial charge in [-0.05, 0) is 11.1 Å². The molecule has 1 N–H and O–H groups in total. The second-order valence-electron chi connectivity index (χ2n) is 4.65. The van der Waals surface area contributed by atoms with E-state index in [1.165, 1.54) is 12.4 Å². The van der Waals surface area contributed by atoms with Gasteiger partial charge in [-0.25, -0.2) is 0 Å². The third-order valence-electron chi connectivity index (χ3n) is 2.95. The van der Waals surface area contributed by atoms with Crippen LogP contribution in [0, 0.1) is 10.1 Å². The van der Waals surface area contributed by atoms with E-state index in [2.05, 4.69) is 10.3 Å². The Morgan fingerprint density at radius 2 is 1.64 bits per heavy atom. The molecule has 0 aliphatic rings. The first kappa shape index (κ1) is 15.4. The lowest BCUT2D eigenvalue weighted by Gasteiger charge is -2.00. The number of hydrogen-bond donors (Lipinski definition) is 1. The first-order valence-electron chi connectivity index (χ1n) is 6.91. The van der Waals surface area contributed by atoms with E-state index < -0.39 is 4.92 Å². The molecule has 0 aromatic heterocycles. The van der Waals surface area contributed by atoms with Crippen molar-refractivity contribution in [3.63, 3.8) is 0 Å². The number of aliphatic imine (C=N–C) groups is 1. The van der Waals surface area contributed by atoms with Crippen LogP contribution in [0.2, 0.25) is 0 Å². The van der Waals surface area contributed by atoms with Gasteiger partial charge in [0.25, 0.3) is 0 Å². The number of nitrogens with zero attached hydrogens (tertiary/aromatic N) is 2. The topological polar surface area (TPSA) is 67.5 Å². The van der Waals surface area contributed by atoms with Gasteiger partial charge in [0.05, 0.1) is 17.7 Å². The predicted octanol–water partition coefficient (Wildman–Crippen LogP) is 3.17. The maximum Gasteiger partial charge on any atom is 0.302 e. The minimum absolute atomic E-state index is 0.0631. The molecule has 22 heavy (non-hydrogen) atoms. The van der Waals surface area contributed by atoms with Crippen LogP contribution in [0.4, 0.5) is 0 Å². The van der Waals surface area contributed by atoms with E-state index >= 15 is 0 Å². The molecule has 0 radical (unpaired) electrons. The Hall–Kier alpha value is -2.95. The summed E-state index contributed by atoms with van der Waals surface area (Å²) in [5.74, 6) is 0. The molecule has 2 rings (SSSR count). The minimum Gasteiger partial charge on any atom is -0.381 e. The quantitative estimate of drug-likeness (QED) is 0.484. The van der Waals surface area contributed by atoms with E-state index in [1.54, 1.807) is 0 Å². The molecule has 2 aromatic carbocycles. The van der Waals surface area contributed by atoms with Gasteiger partial charge in [0.2, 0.25) is 0 Å². The molecule has 0 saturated carbocycles. The normalized spacial score (nSPS) is 11.5. The summed E-state index contributed by atoms with van der Waals surface area (Å²) < 4.78 is 0. The van der Waals surface area contributed by atoms with E-state index in [1.807, 2.05) is 60.7 Å². The van der Waals surface area contributed by atoms with Crippen LogP contribution in [0.15, 0.2) is 77.6 Å². The summed E-state index contributed by atoms with van der Waals surface area (Å²) in [4.78, 5) is 14.7. The number of nitro groups is 1. The molecule has 5 heteroatoms. The third kappa shape index (κ3) is 5.20. The predicted molar refractivity (Wildman–Crippen MR) is 87.0 cm³/mol. The van der Waals surface area contributed by atoms with Gasteiger partial charge in [0, 0.05) is 6.54 Å². The largest absolute Gasteiger partial charge is 0.381 e. The summed E-state index contributed by atoms with van der Waals surface area (Å²) in [5, 5.41) is 13.9. The standard InChI is InChI=1S/C17H17N3O2/c21-20(22)17(13-18-11-15-7-3-1-4-8-15)14-19-12-16-9-5-2-6-10-16/h1-10,13-14,18H,11-12H2/b17-13-,19-14?. The third-order valence-corrected chi connectivity index (χ3v) is 2.95. The SMILES string of the molecule is O=[N+]([O-])/C(C=NCc1ccccc1)=C\NCc1ccccc1. The van der Waals surface area contributed by atoms with Gasteiger partial charge in [0.1, 0.15) is 6.21 Å². The van der Waals surface area contributed by atoms with Gasteiger partial charge in [-0.2, -0.15) is 0 Å². The van der Waals surface area contributed by atoms with Crippen LogP contribution in [-0.4, -0.2) is 11.1 Å². The molecule has 0 heterocycles. The zero-order valence-corrected chi connectivity index (χ0v) is 12.1. The maximum atomic E-state index is 11.0. The fourth-order valence-corrected chi connectivity index (χ4v) is 1.83. The van der Waals surface area contributed by atoms with Crippen molar-refractivity contribution in [2.75, 3.05) is 0 Å². The zero-order valence-electron chi connectivity index (χ0n) is 12.1. The molecule has 2 aromatic rings. The van der Waals surface area contributed by atoms with Gasteiger partial charge in [-0.15, -0.1) is 0 Å². The molecule has 0 aliphatic heterocycles. The second kappa shape index (κ2) is 8.36. The lowest BCUT2D eigenvalue weighted by Crippen LogP contribution is -2.10. The van der Waals surface area contributed by atoms with Crippen LogP contribution < -0.4 is 5.32 Å². The van der Waals surface area contributed by atoms with Crippen molar-refractivity contribution in [2.45, 2.75) is 13.1 Å². The van der Waals surface area contributed by atoms with Crippen LogP contribution in [0.25, 0.3) is 0 Å². The van der Waals surface area contributed by atoms with Crippen LogP contribution in [0.3, 0.4) is 0 Å². The highest BCUT2D eigenvalue weighted by atomic mass is 16.6. The van der Waals surface area contributed by atoms with Crippen molar-refractivity contribution in [3.8, 4) is 0 Å². The fourth-order valence-electron chi connectivity index (χ4n) is 1.83. The molecule has 0 unspecified atom stereocenters. The Balaban J connectivity index is 1.91. The minimum atomic E-state index is -0.452. The molecule has 0 amide bonds. The van der Waals surface area contributed by atoms with Crippen LogP contribution in [0.5, 0.6) is 0 Å². The van der Waals surface area contributed by atoms with E-state index in [4.69, 9.17) is 0 Å². The Morgan fingerprint density at radius 1 is 1.05 bits per heavy atom. The molecule has 0 aliphatic carbocycles. The maximum absolute atomic E-state index is 11.0. The molecular formula is C17H17N3O2. The summed E-state index contributed by atoms with van der Waals surface area (Å²) in [7, 11) is 0. The highest BCUT2D eigenvalue weighted by Crippen LogP contribution is 2.01. The highest BCUT2D eigenvalue weighted by molar-refractivity contribution is 5.75. The Kier molecular flexibility index (Phi) is 5.87. The van der Waals surface area contributed by atoms with Crippen molar-refractivity contribution in [1.82, 2.24) is 5.32 Å². The molecule has 0 fully saturated rings. The van der Waals surface area contributed by atoms with Crippen molar-refractivity contribution in [2.24, 2.45) is 4.99 Å². The van der Waals surface area contributed by atoms with E-state index in [0.29, 0.717) is 13.1 Å². The molecule has 0 bridgehead atoms. The number of hydrogen-bond acceptors (Lipinski definition) is 4. The van der Waals surface area contributed by atoms with Gasteiger partial charge in [-0.3, -0.25) is 15.1 Å². The van der Waals surface area contributed by atoms with E-state index in [0.717, 1.165) is 11.1 Å². The molecular weight excluding hydrogens is 278 g/mol. The smallest absolute Gasteiger partial charge is 0.302 e. The summed E-state index contributed by atoms with van der Waals surface area (Å²) in [5.41, 5.74) is 2.01. The summed E-state index contributed by atoms with van der Waals surface area (Å²) in [6.45, 7) is 0.954. The van der Waals surface area contributed by atoms with Crippen molar-refractivity contribution >= 4 is 6.21 Å². The van der Waals surface area contributed by atoms with Crippen molar-refractivity contribution < 1.29 is 4.92 Å². The molecule has 0 spiro atoms. The van der Waals surface area contributed by atoms with E-state index in [9.17, 15) is 10.1 Å². The number of rotatable bonds is 7. The highest BCUT2D eigenvalue weighted by Gasteiger charge is 2.06. The molecule has 112 valence electrons. The Bertz CT molecular complexity index is 652.